The van der Waals surface area contributed by atoms with E-state index in [2.05, 4.69) is 18.7 Å². The molecule has 1 aliphatic heterocycles. The van der Waals surface area contributed by atoms with Gasteiger partial charge in [-0.25, -0.2) is 0 Å². The lowest BCUT2D eigenvalue weighted by molar-refractivity contribution is 0.0355. The van der Waals surface area contributed by atoms with Gasteiger partial charge in [0.05, 0.1) is 19.3 Å². The number of methoxy groups -OCH3 is 1. The fourth-order valence-electron chi connectivity index (χ4n) is 2.01. The average molecular weight is 231 g/mol. The summed E-state index contributed by atoms with van der Waals surface area (Å²) in [5.74, 6) is 0.309. The van der Waals surface area contributed by atoms with Crippen LogP contribution in [0.5, 0.6) is 0 Å². The lowest BCUT2D eigenvalue weighted by Crippen LogP contribution is -2.42. The summed E-state index contributed by atoms with van der Waals surface area (Å²) in [6, 6.07) is 0.437. The van der Waals surface area contributed by atoms with Gasteiger partial charge in [-0.15, -0.1) is 0 Å². The van der Waals surface area contributed by atoms with Gasteiger partial charge in [0.25, 0.3) is 0 Å². The van der Waals surface area contributed by atoms with Crippen molar-refractivity contribution in [2.45, 2.75) is 32.4 Å². The number of nitrogens with zero attached hydrogens (tertiary/aromatic N) is 1. The van der Waals surface area contributed by atoms with E-state index in [4.69, 9.17) is 9.47 Å². The van der Waals surface area contributed by atoms with E-state index in [1.54, 1.807) is 7.11 Å². The Morgan fingerprint density at radius 3 is 2.75 bits per heavy atom. The summed E-state index contributed by atoms with van der Waals surface area (Å²) >= 11 is 0. The highest BCUT2D eigenvalue weighted by molar-refractivity contribution is 4.77. The summed E-state index contributed by atoms with van der Waals surface area (Å²) in [6.45, 7) is 8.10. The van der Waals surface area contributed by atoms with Gasteiger partial charge in [0.1, 0.15) is 0 Å². The van der Waals surface area contributed by atoms with Crippen LogP contribution in [-0.2, 0) is 9.47 Å². The molecule has 2 unspecified atom stereocenters. The topological polar surface area (TPSA) is 41.9 Å². The summed E-state index contributed by atoms with van der Waals surface area (Å²) in [5.41, 5.74) is 0. The second kappa shape index (κ2) is 7.22. The van der Waals surface area contributed by atoms with Crippen molar-refractivity contribution in [1.29, 1.82) is 0 Å². The molecule has 0 aromatic carbocycles. The van der Waals surface area contributed by atoms with Gasteiger partial charge in [0.2, 0.25) is 0 Å². The molecule has 0 aromatic rings. The Balaban J connectivity index is 2.34. The fourth-order valence-corrected chi connectivity index (χ4v) is 2.01. The highest BCUT2D eigenvalue weighted by atomic mass is 16.5. The predicted octanol–water partition coefficient (Wildman–Crippen LogP) is 0.741. The minimum atomic E-state index is -0.276. The van der Waals surface area contributed by atoms with E-state index >= 15 is 0 Å². The Morgan fingerprint density at radius 1 is 1.50 bits per heavy atom. The van der Waals surface area contributed by atoms with Crippen molar-refractivity contribution >= 4 is 0 Å². The molecular weight excluding hydrogens is 206 g/mol. The number of aliphatic hydroxyl groups is 1. The SMILES string of the molecule is COCCN(CC(O)C1CCOC1)C(C)C. The van der Waals surface area contributed by atoms with E-state index in [-0.39, 0.29) is 6.10 Å². The van der Waals surface area contributed by atoms with Crippen LogP contribution in [0.25, 0.3) is 0 Å². The normalized spacial score (nSPS) is 23.2. The molecule has 1 saturated heterocycles. The molecular formula is C12H25NO3. The van der Waals surface area contributed by atoms with E-state index in [0.717, 1.165) is 26.1 Å². The van der Waals surface area contributed by atoms with Crippen LogP contribution in [0.2, 0.25) is 0 Å². The molecule has 0 amide bonds. The molecule has 1 N–H and O–H groups in total. The van der Waals surface area contributed by atoms with Gasteiger partial charge in [-0.05, 0) is 20.3 Å². The third-order valence-corrected chi connectivity index (χ3v) is 3.24. The van der Waals surface area contributed by atoms with Crippen LogP contribution in [0.1, 0.15) is 20.3 Å². The van der Waals surface area contributed by atoms with Crippen molar-refractivity contribution < 1.29 is 14.6 Å². The molecule has 1 fully saturated rings. The number of ether oxygens (including phenoxy) is 2. The summed E-state index contributed by atoms with van der Waals surface area (Å²) in [5, 5.41) is 10.1. The second-order valence-electron chi connectivity index (χ2n) is 4.77. The molecule has 0 aromatic heterocycles. The van der Waals surface area contributed by atoms with Crippen LogP contribution in [0.15, 0.2) is 0 Å². The molecule has 0 bridgehead atoms. The lowest BCUT2D eigenvalue weighted by Gasteiger charge is -2.30. The average Bonchev–Trinajstić information content (AvgIpc) is 2.76. The number of hydrogen-bond acceptors (Lipinski definition) is 4. The summed E-state index contributed by atoms with van der Waals surface area (Å²) < 4.78 is 10.4. The first-order chi connectivity index (χ1) is 7.65. The monoisotopic (exact) mass is 231 g/mol. The highest BCUT2D eigenvalue weighted by Crippen LogP contribution is 2.18. The smallest absolute Gasteiger partial charge is 0.0718 e. The molecule has 2 atom stereocenters. The van der Waals surface area contributed by atoms with Crippen LogP contribution in [0, 0.1) is 5.92 Å². The summed E-state index contributed by atoms with van der Waals surface area (Å²) in [6.07, 6.45) is 0.707. The first kappa shape index (κ1) is 13.9. The van der Waals surface area contributed by atoms with Crippen LogP contribution < -0.4 is 0 Å². The van der Waals surface area contributed by atoms with E-state index in [1.807, 2.05) is 0 Å². The lowest BCUT2D eigenvalue weighted by atomic mass is 10.0. The van der Waals surface area contributed by atoms with E-state index in [1.165, 1.54) is 0 Å². The van der Waals surface area contributed by atoms with Crippen molar-refractivity contribution in [3.63, 3.8) is 0 Å². The maximum absolute atomic E-state index is 10.1. The standard InChI is InChI=1S/C12H25NO3/c1-10(2)13(5-7-15-3)8-12(14)11-4-6-16-9-11/h10-12,14H,4-9H2,1-3H3. The minimum absolute atomic E-state index is 0.276. The van der Waals surface area contributed by atoms with E-state index in [0.29, 0.717) is 25.2 Å². The Kier molecular flexibility index (Phi) is 6.28. The molecule has 0 spiro atoms. The van der Waals surface area contributed by atoms with E-state index in [9.17, 15) is 5.11 Å². The van der Waals surface area contributed by atoms with Gasteiger partial charge in [-0.1, -0.05) is 0 Å². The zero-order valence-electron chi connectivity index (χ0n) is 10.7. The largest absolute Gasteiger partial charge is 0.391 e. The van der Waals surface area contributed by atoms with Gasteiger partial charge >= 0.3 is 0 Å². The molecule has 1 rings (SSSR count). The van der Waals surface area contributed by atoms with Crippen molar-refractivity contribution in [2.24, 2.45) is 5.92 Å². The maximum Gasteiger partial charge on any atom is 0.0718 e. The quantitative estimate of drug-likeness (QED) is 0.702. The Morgan fingerprint density at radius 2 is 2.25 bits per heavy atom. The molecule has 4 nitrogen and oxygen atoms in total. The van der Waals surface area contributed by atoms with Gasteiger partial charge in [-0.2, -0.15) is 0 Å². The first-order valence-electron chi connectivity index (χ1n) is 6.14. The summed E-state index contributed by atoms with van der Waals surface area (Å²) in [4.78, 5) is 2.26. The van der Waals surface area contributed by atoms with Crippen molar-refractivity contribution in [1.82, 2.24) is 4.90 Å². The predicted molar refractivity (Wildman–Crippen MR) is 63.5 cm³/mol. The molecule has 0 radical (unpaired) electrons. The molecule has 16 heavy (non-hydrogen) atoms. The van der Waals surface area contributed by atoms with Gasteiger partial charge in [-0.3, -0.25) is 4.90 Å². The number of rotatable bonds is 7. The Labute approximate surface area is 98.5 Å². The molecule has 0 aliphatic carbocycles. The highest BCUT2D eigenvalue weighted by Gasteiger charge is 2.26. The fraction of sp³-hybridized carbons (Fsp3) is 1.00. The Bertz CT molecular complexity index is 181. The van der Waals surface area contributed by atoms with E-state index < -0.39 is 0 Å². The third-order valence-electron chi connectivity index (χ3n) is 3.24. The van der Waals surface area contributed by atoms with Crippen molar-refractivity contribution in [3.8, 4) is 0 Å². The van der Waals surface area contributed by atoms with Crippen molar-refractivity contribution in [3.05, 3.63) is 0 Å². The number of aliphatic hydroxyl groups excluding tert-OH is 1. The van der Waals surface area contributed by atoms with Gasteiger partial charge in [0.15, 0.2) is 0 Å². The molecule has 1 aliphatic rings. The maximum atomic E-state index is 10.1. The van der Waals surface area contributed by atoms with Crippen LogP contribution in [0.4, 0.5) is 0 Å². The zero-order valence-corrected chi connectivity index (χ0v) is 10.7. The van der Waals surface area contributed by atoms with Gasteiger partial charge < -0.3 is 14.6 Å². The van der Waals surface area contributed by atoms with Crippen LogP contribution in [0.3, 0.4) is 0 Å². The second-order valence-corrected chi connectivity index (χ2v) is 4.77. The van der Waals surface area contributed by atoms with Gasteiger partial charge in [0, 0.05) is 38.8 Å². The van der Waals surface area contributed by atoms with Crippen LogP contribution >= 0.6 is 0 Å². The Hall–Kier alpha value is -0.160. The molecule has 1 heterocycles. The molecule has 0 saturated carbocycles. The third kappa shape index (κ3) is 4.37. The number of hydrogen-bond donors (Lipinski definition) is 1. The zero-order chi connectivity index (χ0) is 12.0. The van der Waals surface area contributed by atoms with Crippen molar-refractivity contribution in [2.75, 3.05) is 40.0 Å². The first-order valence-corrected chi connectivity index (χ1v) is 6.14. The molecule has 4 heteroatoms. The summed E-state index contributed by atoms with van der Waals surface area (Å²) in [7, 11) is 1.71. The molecule has 96 valence electrons. The van der Waals surface area contributed by atoms with Crippen LogP contribution in [-0.4, -0.2) is 62.2 Å². The minimum Gasteiger partial charge on any atom is -0.391 e.